The molecule has 2 rings (SSSR count). The molecule has 3 N–H and O–H groups in total. The zero-order valence-corrected chi connectivity index (χ0v) is 14.8. The lowest BCUT2D eigenvalue weighted by Gasteiger charge is -2.32. The second kappa shape index (κ2) is 9.16. The minimum absolute atomic E-state index is 0. The van der Waals surface area contributed by atoms with Gasteiger partial charge in [-0.25, -0.2) is 0 Å². The van der Waals surface area contributed by atoms with Crippen LogP contribution >= 0.6 is 24.8 Å². The van der Waals surface area contributed by atoms with E-state index in [4.69, 9.17) is 5.73 Å². The first-order valence-corrected chi connectivity index (χ1v) is 7.44. The Hall–Kier alpha value is -0.0700. The van der Waals surface area contributed by atoms with Crippen LogP contribution in [-0.4, -0.2) is 68.1 Å². The molecule has 0 aromatic carbocycles. The maximum Gasteiger partial charge on any atom is 0.240 e. The van der Waals surface area contributed by atoms with E-state index in [1.807, 2.05) is 0 Å². The van der Waals surface area contributed by atoms with Gasteiger partial charge in [0.05, 0.1) is 5.54 Å². The highest BCUT2D eigenvalue weighted by atomic mass is 35.5. The normalized spacial score (nSPS) is 21.3. The lowest BCUT2D eigenvalue weighted by Crippen LogP contribution is -2.46. The largest absolute Gasteiger partial charge is 0.354 e. The summed E-state index contributed by atoms with van der Waals surface area (Å²) in [6.45, 7) is 5.39. The van der Waals surface area contributed by atoms with Crippen LogP contribution in [0.4, 0.5) is 0 Å². The molecule has 1 saturated heterocycles. The Bertz CT molecular complexity index is 316. The SMILES string of the molecule is CN(C)CCN1CCC(CNC(=O)C2(N)CC2)CC1.Cl.Cl. The van der Waals surface area contributed by atoms with Crippen molar-refractivity contribution in [3.63, 3.8) is 0 Å². The third-order valence-electron chi connectivity index (χ3n) is 4.36. The van der Waals surface area contributed by atoms with Gasteiger partial charge in [0, 0.05) is 19.6 Å². The highest BCUT2D eigenvalue weighted by Crippen LogP contribution is 2.32. The van der Waals surface area contributed by atoms with Gasteiger partial charge in [0.2, 0.25) is 5.91 Å². The molecule has 5 nitrogen and oxygen atoms in total. The Balaban J connectivity index is 0.00000200. The number of nitrogens with two attached hydrogens (primary N) is 1. The van der Waals surface area contributed by atoms with Crippen molar-refractivity contribution in [1.82, 2.24) is 15.1 Å². The zero-order chi connectivity index (χ0) is 13.9. The van der Waals surface area contributed by atoms with E-state index in [0.29, 0.717) is 5.92 Å². The molecule has 0 aromatic rings. The number of likely N-dealkylation sites (tertiary alicyclic amines) is 1. The third-order valence-corrected chi connectivity index (χ3v) is 4.36. The highest BCUT2D eigenvalue weighted by Gasteiger charge is 2.45. The lowest BCUT2D eigenvalue weighted by molar-refractivity contribution is -0.123. The average Bonchev–Trinajstić information content (AvgIpc) is 3.14. The van der Waals surface area contributed by atoms with Crippen molar-refractivity contribution < 1.29 is 4.79 Å². The number of carbonyl (C=O) groups is 1. The van der Waals surface area contributed by atoms with E-state index in [1.54, 1.807) is 0 Å². The summed E-state index contributed by atoms with van der Waals surface area (Å²) in [5, 5.41) is 3.03. The first-order valence-electron chi connectivity index (χ1n) is 7.44. The molecule has 0 atom stereocenters. The molecule has 1 aliphatic heterocycles. The van der Waals surface area contributed by atoms with E-state index in [1.165, 1.54) is 12.8 Å². The smallest absolute Gasteiger partial charge is 0.240 e. The van der Waals surface area contributed by atoms with Crippen LogP contribution < -0.4 is 11.1 Å². The summed E-state index contributed by atoms with van der Waals surface area (Å²) in [6.07, 6.45) is 4.07. The van der Waals surface area contributed by atoms with Crippen LogP contribution in [0.5, 0.6) is 0 Å². The first kappa shape index (κ1) is 20.9. The average molecular weight is 341 g/mol. The molecule has 1 amide bonds. The van der Waals surface area contributed by atoms with E-state index in [2.05, 4.69) is 29.2 Å². The maximum atomic E-state index is 11.8. The molecule has 126 valence electrons. The molecule has 0 aromatic heterocycles. The predicted octanol–water partition coefficient (Wildman–Crippen LogP) is 0.711. The van der Waals surface area contributed by atoms with Gasteiger partial charge in [0.15, 0.2) is 0 Å². The number of likely N-dealkylation sites (N-methyl/N-ethyl adjacent to an activating group) is 1. The molecule has 0 unspecified atom stereocenters. The Morgan fingerprint density at radius 3 is 2.33 bits per heavy atom. The summed E-state index contributed by atoms with van der Waals surface area (Å²) in [6, 6.07) is 0. The number of hydrogen-bond donors (Lipinski definition) is 2. The van der Waals surface area contributed by atoms with Crippen molar-refractivity contribution in [2.75, 3.05) is 46.8 Å². The third kappa shape index (κ3) is 6.70. The molecule has 21 heavy (non-hydrogen) atoms. The second-order valence-corrected chi connectivity index (χ2v) is 6.45. The quantitative estimate of drug-likeness (QED) is 0.747. The van der Waals surface area contributed by atoms with Crippen molar-refractivity contribution in [2.45, 2.75) is 31.2 Å². The van der Waals surface area contributed by atoms with E-state index in [0.717, 1.165) is 45.6 Å². The fourth-order valence-corrected chi connectivity index (χ4v) is 2.53. The summed E-state index contributed by atoms with van der Waals surface area (Å²) < 4.78 is 0. The number of amides is 1. The Morgan fingerprint density at radius 1 is 1.29 bits per heavy atom. The molecule has 7 heteroatoms. The number of hydrogen-bond acceptors (Lipinski definition) is 4. The minimum Gasteiger partial charge on any atom is -0.354 e. The second-order valence-electron chi connectivity index (χ2n) is 6.45. The highest BCUT2D eigenvalue weighted by molar-refractivity contribution is 5.88. The lowest BCUT2D eigenvalue weighted by atomic mass is 9.96. The minimum atomic E-state index is -0.521. The van der Waals surface area contributed by atoms with Gasteiger partial charge in [-0.2, -0.15) is 0 Å². The molecule has 2 fully saturated rings. The van der Waals surface area contributed by atoms with Crippen LogP contribution in [0.1, 0.15) is 25.7 Å². The van der Waals surface area contributed by atoms with E-state index < -0.39 is 5.54 Å². The zero-order valence-electron chi connectivity index (χ0n) is 13.1. The van der Waals surface area contributed by atoms with Crippen LogP contribution in [0.15, 0.2) is 0 Å². The summed E-state index contributed by atoms with van der Waals surface area (Å²) in [4.78, 5) is 16.5. The number of nitrogens with zero attached hydrogens (tertiary/aromatic N) is 2. The standard InChI is InChI=1S/C14H28N4O.2ClH/c1-17(2)9-10-18-7-3-12(4-8-18)11-16-13(19)14(15)5-6-14;;/h12H,3-11,15H2,1-2H3,(H,16,19);2*1H. The van der Waals surface area contributed by atoms with Gasteiger partial charge in [-0.15, -0.1) is 24.8 Å². The summed E-state index contributed by atoms with van der Waals surface area (Å²) >= 11 is 0. The van der Waals surface area contributed by atoms with Crippen LogP contribution in [-0.2, 0) is 4.79 Å². The van der Waals surface area contributed by atoms with Crippen molar-refractivity contribution in [2.24, 2.45) is 11.7 Å². The Labute approximate surface area is 140 Å². The monoisotopic (exact) mass is 340 g/mol. The summed E-state index contributed by atoms with van der Waals surface area (Å²) in [7, 11) is 4.23. The van der Waals surface area contributed by atoms with Crippen LogP contribution in [0.3, 0.4) is 0 Å². The molecule has 0 bridgehead atoms. The van der Waals surface area contributed by atoms with Crippen molar-refractivity contribution in [1.29, 1.82) is 0 Å². The topological polar surface area (TPSA) is 61.6 Å². The van der Waals surface area contributed by atoms with Gasteiger partial charge in [-0.3, -0.25) is 4.79 Å². The van der Waals surface area contributed by atoms with Gasteiger partial charge in [0.25, 0.3) is 0 Å². The van der Waals surface area contributed by atoms with Gasteiger partial charge in [-0.1, -0.05) is 0 Å². The molecule has 2 aliphatic rings. The van der Waals surface area contributed by atoms with Gasteiger partial charge >= 0.3 is 0 Å². The predicted molar refractivity (Wildman–Crippen MR) is 91.4 cm³/mol. The van der Waals surface area contributed by atoms with Crippen molar-refractivity contribution in [3.8, 4) is 0 Å². The van der Waals surface area contributed by atoms with Crippen LogP contribution in [0, 0.1) is 5.92 Å². The number of nitrogens with one attached hydrogen (secondary N) is 1. The van der Waals surface area contributed by atoms with Gasteiger partial charge < -0.3 is 20.9 Å². The molecule has 0 spiro atoms. The maximum absolute atomic E-state index is 11.8. The fourth-order valence-electron chi connectivity index (χ4n) is 2.53. The Kier molecular flexibility index (Phi) is 9.12. The van der Waals surface area contributed by atoms with Crippen LogP contribution in [0.25, 0.3) is 0 Å². The first-order chi connectivity index (χ1) is 8.99. The molecule has 1 saturated carbocycles. The van der Waals surface area contributed by atoms with Gasteiger partial charge in [-0.05, 0) is 58.8 Å². The summed E-state index contributed by atoms with van der Waals surface area (Å²) in [5.74, 6) is 0.685. The number of halogens is 2. The molecular formula is C14H30Cl2N4O. The van der Waals surface area contributed by atoms with Crippen LogP contribution in [0.2, 0.25) is 0 Å². The number of carbonyl (C=O) groups excluding carboxylic acids is 1. The number of rotatable bonds is 6. The van der Waals surface area contributed by atoms with Crippen molar-refractivity contribution in [3.05, 3.63) is 0 Å². The molecular weight excluding hydrogens is 311 g/mol. The van der Waals surface area contributed by atoms with Gasteiger partial charge in [0.1, 0.15) is 0 Å². The number of piperidine rings is 1. The molecule has 0 radical (unpaired) electrons. The summed E-state index contributed by atoms with van der Waals surface area (Å²) in [5.41, 5.74) is 5.35. The van der Waals surface area contributed by atoms with Crippen molar-refractivity contribution >= 4 is 30.7 Å². The fraction of sp³-hybridized carbons (Fsp3) is 0.929. The van der Waals surface area contributed by atoms with E-state index in [-0.39, 0.29) is 30.7 Å². The van der Waals surface area contributed by atoms with E-state index in [9.17, 15) is 4.79 Å². The molecule has 1 heterocycles. The van der Waals surface area contributed by atoms with E-state index >= 15 is 0 Å². The molecule has 1 aliphatic carbocycles. The Morgan fingerprint density at radius 2 is 1.86 bits per heavy atom.